The summed E-state index contributed by atoms with van der Waals surface area (Å²) in [6.07, 6.45) is 1.07. The summed E-state index contributed by atoms with van der Waals surface area (Å²) in [7, 11) is 0. The van der Waals surface area contributed by atoms with Gasteiger partial charge in [0.2, 0.25) is 0 Å². The molecule has 0 radical (unpaired) electrons. The Labute approximate surface area is 121 Å². The van der Waals surface area contributed by atoms with Crippen LogP contribution in [-0.4, -0.2) is 6.54 Å². The highest BCUT2D eigenvalue weighted by Crippen LogP contribution is 2.27. The van der Waals surface area contributed by atoms with Crippen LogP contribution < -0.4 is 10.1 Å². The molecule has 0 heterocycles. The number of rotatable bonds is 6. The summed E-state index contributed by atoms with van der Waals surface area (Å²) < 4.78 is 5.99. The fraction of sp³-hybridized carbons (Fsp3) is 0.333. The molecule has 2 aromatic rings. The zero-order chi connectivity index (χ0) is 14.4. The van der Waals surface area contributed by atoms with Gasteiger partial charge >= 0.3 is 0 Å². The van der Waals surface area contributed by atoms with Gasteiger partial charge < -0.3 is 10.1 Å². The molecule has 0 fully saturated rings. The molecular formula is C18H23NO. The third kappa shape index (κ3) is 3.61. The van der Waals surface area contributed by atoms with Gasteiger partial charge in [-0.15, -0.1) is 0 Å². The van der Waals surface area contributed by atoms with E-state index in [-0.39, 0.29) is 0 Å². The molecule has 1 N–H and O–H groups in total. The highest BCUT2D eigenvalue weighted by Gasteiger charge is 2.09. The van der Waals surface area contributed by atoms with Gasteiger partial charge in [0.05, 0.1) is 0 Å². The summed E-state index contributed by atoms with van der Waals surface area (Å²) in [6, 6.07) is 16.8. The Morgan fingerprint density at radius 3 is 2.55 bits per heavy atom. The Kier molecular flexibility index (Phi) is 5.19. The second-order valence-corrected chi connectivity index (χ2v) is 4.96. The predicted molar refractivity (Wildman–Crippen MR) is 84.4 cm³/mol. The van der Waals surface area contributed by atoms with Crippen LogP contribution in [0.25, 0.3) is 0 Å². The first kappa shape index (κ1) is 14.6. The smallest absolute Gasteiger partial charge is 0.130 e. The molecule has 20 heavy (non-hydrogen) atoms. The monoisotopic (exact) mass is 269 g/mol. The summed E-state index contributed by atoms with van der Waals surface area (Å²) in [6.45, 7) is 7.37. The van der Waals surface area contributed by atoms with E-state index in [1.807, 2.05) is 24.3 Å². The summed E-state index contributed by atoms with van der Waals surface area (Å²) in [5, 5.41) is 3.50. The highest BCUT2D eigenvalue weighted by molar-refractivity contribution is 5.38. The quantitative estimate of drug-likeness (QED) is 0.809. The van der Waals surface area contributed by atoms with Crippen molar-refractivity contribution in [2.45, 2.75) is 33.2 Å². The van der Waals surface area contributed by atoms with Crippen LogP contribution in [0.3, 0.4) is 0 Å². The largest absolute Gasteiger partial charge is 0.457 e. The fourth-order valence-electron chi connectivity index (χ4n) is 2.34. The number of benzene rings is 2. The van der Waals surface area contributed by atoms with Gasteiger partial charge in [0.25, 0.3) is 0 Å². The van der Waals surface area contributed by atoms with Crippen LogP contribution in [0.2, 0.25) is 0 Å². The van der Waals surface area contributed by atoms with Gasteiger partial charge in [-0.2, -0.15) is 0 Å². The highest BCUT2D eigenvalue weighted by atomic mass is 16.5. The van der Waals surface area contributed by atoms with Crippen molar-refractivity contribution >= 4 is 0 Å². The average Bonchev–Trinajstić information content (AvgIpc) is 2.47. The second-order valence-electron chi connectivity index (χ2n) is 4.96. The number of aryl methyl sites for hydroxylation is 1. The molecule has 0 saturated carbocycles. The first-order valence-corrected chi connectivity index (χ1v) is 7.31. The van der Waals surface area contributed by atoms with E-state index in [0.717, 1.165) is 30.0 Å². The van der Waals surface area contributed by atoms with Crippen molar-refractivity contribution in [3.05, 3.63) is 59.7 Å². The number of nitrogens with one attached hydrogen (secondary N) is 1. The number of hydrogen-bond donors (Lipinski definition) is 1. The minimum absolute atomic E-state index is 0.389. The van der Waals surface area contributed by atoms with Crippen molar-refractivity contribution in [3.8, 4) is 11.5 Å². The Bertz CT molecular complexity index is 551. The van der Waals surface area contributed by atoms with Gasteiger partial charge in [0, 0.05) is 6.04 Å². The summed E-state index contributed by atoms with van der Waals surface area (Å²) in [5.41, 5.74) is 2.43. The maximum atomic E-state index is 5.99. The molecular weight excluding hydrogens is 246 g/mol. The topological polar surface area (TPSA) is 21.3 Å². The zero-order valence-corrected chi connectivity index (χ0v) is 12.5. The Balaban J connectivity index is 2.19. The Hall–Kier alpha value is -1.80. The molecule has 2 rings (SSSR count). The third-order valence-corrected chi connectivity index (χ3v) is 3.44. The molecule has 0 aliphatic rings. The van der Waals surface area contributed by atoms with Gasteiger partial charge in [-0.3, -0.25) is 0 Å². The van der Waals surface area contributed by atoms with Crippen LogP contribution in [-0.2, 0) is 0 Å². The second kappa shape index (κ2) is 7.11. The molecule has 0 spiro atoms. The lowest BCUT2D eigenvalue weighted by Crippen LogP contribution is -2.19. The molecule has 0 aliphatic carbocycles. The van der Waals surface area contributed by atoms with Crippen molar-refractivity contribution in [2.24, 2.45) is 0 Å². The first-order valence-electron chi connectivity index (χ1n) is 7.31. The standard InChI is InChI=1S/C18H23NO/c1-4-17(19-5-2)15-10-8-11-16(13-15)20-18-12-7-6-9-14(18)3/h6-13,17,19H,4-5H2,1-3H3. The minimum atomic E-state index is 0.389. The van der Waals surface area contributed by atoms with E-state index >= 15 is 0 Å². The van der Waals surface area contributed by atoms with E-state index in [1.165, 1.54) is 5.56 Å². The molecule has 1 unspecified atom stereocenters. The van der Waals surface area contributed by atoms with Crippen LogP contribution in [0, 0.1) is 6.92 Å². The molecule has 2 nitrogen and oxygen atoms in total. The van der Waals surface area contributed by atoms with Crippen molar-refractivity contribution in [3.63, 3.8) is 0 Å². The minimum Gasteiger partial charge on any atom is -0.457 e. The molecule has 0 aliphatic heterocycles. The normalized spacial score (nSPS) is 12.2. The zero-order valence-electron chi connectivity index (χ0n) is 12.5. The van der Waals surface area contributed by atoms with E-state index in [9.17, 15) is 0 Å². The van der Waals surface area contributed by atoms with Gasteiger partial charge in [0.1, 0.15) is 11.5 Å². The molecule has 0 aromatic heterocycles. The first-order chi connectivity index (χ1) is 9.74. The van der Waals surface area contributed by atoms with Gasteiger partial charge in [-0.1, -0.05) is 44.2 Å². The number of ether oxygens (including phenoxy) is 1. The van der Waals surface area contributed by atoms with Crippen molar-refractivity contribution in [1.29, 1.82) is 0 Å². The molecule has 0 bridgehead atoms. The summed E-state index contributed by atoms with van der Waals surface area (Å²) >= 11 is 0. The third-order valence-electron chi connectivity index (χ3n) is 3.44. The molecule has 106 valence electrons. The summed E-state index contributed by atoms with van der Waals surface area (Å²) in [4.78, 5) is 0. The lowest BCUT2D eigenvalue weighted by Gasteiger charge is -2.17. The van der Waals surface area contributed by atoms with Gasteiger partial charge in [-0.05, 0) is 49.2 Å². The van der Waals surface area contributed by atoms with Crippen molar-refractivity contribution in [2.75, 3.05) is 6.54 Å². The van der Waals surface area contributed by atoms with Crippen LogP contribution in [0.15, 0.2) is 48.5 Å². The maximum Gasteiger partial charge on any atom is 0.130 e. The molecule has 2 aromatic carbocycles. The lowest BCUT2D eigenvalue weighted by atomic mass is 10.0. The van der Waals surface area contributed by atoms with Crippen molar-refractivity contribution < 1.29 is 4.74 Å². The van der Waals surface area contributed by atoms with E-state index < -0.39 is 0 Å². The Morgan fingerprint density at radius 1 is 1.05 bits per heavy atom. The Morgan fingerprint density at radius 2 is 1.85 bits per heavy atom. The molecule has 0 saturated heterocycles. The van der Waals surface area contributed by atoms with Crippen LogP contribution in [0.1, 0.15) is 37.4 Å². The molecule has 0 amide bonds. The van der Waals surface area contributed by atoms with E-state index in [2.05, 4.69) is 50.4 Å². The van der Waals surface area contributed by atoms with Crippen LogP contribution >= 0.6 is 0 Å². The molecule has 1 atom stereocenters. The average molecular weight is 269 g/mol. The molecule has 2 heteroatoms. The van der Waals surface area contributed by atoms with E-state index in [1.54, 1.807) is 0 Å². The van der Waals surface area contributed by atoms with Gasteiger partial charge in [-0.25, -0.2) is 0 Å². The SMILES string of the molecule is CCNC(CC)c1cccc(Oc2ccccc2C)c1. The lowest BCUT2D eigenvalue weighted by molar-refractivity contribution is 0.474. The van der Waals surface area contributed by atoms with Crippen LogP contribution in [0.4, 0.5) is 0 Å². The van der Waals surface area contributed by atoms with E-state index in [4.69, 9.17) is 4.74 Å². The van der Waals surface area contributed by atoms with Crippen molar-refractivity contribution in [1.82, 2.24) is 5.32 Å². The van der Waals surface area contributed by atoms with Gasteiger partial charge in [0.15, 0.2) is 0 Å². The fourth-order valence-corrected chi connectivity index (χ4v) is 2.34. The predicted octanol–water partition coefficient (Wildman–Crippen LogP) is 4.85. The summed E-state index contributed by atoms with van der Waals surface area (Å²) in [5.74, 6) is 1.81. The van der Waals surface area contributed by atoms with E-state index in [0.29, 0.717) is 6.04 Å². The maximum absolute atomic E-state index is 5.99. The number of para-hydroxylation sites is 1. The number of hydrogen-bond acceptors (Lipinski definition) is 2. The van der Waals surface area contributed by atoms with Crippen LogP contribution in [0.5, 0.6) is 11.5 Å².